The van der Waals surface area contributed by atoms with Crippen LogP contribution in [0.25, 0.3) is 11.0 Å². The topological polar surface area (TPSA) is 52.0 Å². The monoisotopic (exact) mass is 220 g/mol. The molecule has 0 bridgehead atoms. The van der Waals surface area contributed by atoms with Crippen molar-refractivity contribution in [1.82, 2.24) is 14.5 Å². The summed E-state index contributed by atoms with van der Waals surface area (Å²) in [5.41, 5.74) is 1.97. The summed E-state index contributed by atoms with van der Waals surface area (Å²) in [5, 5.41) is 3.24. The number of nitrogens with one attached hydrogen (secondary N) is 1. The lowest BCUT2D eigenvalue weighted by molar-refractivity contribution is 0.128. The van der Waals surface area contributed by atoms with Crippen molar-refractivity contribution in [3.63, 3.8) is 0 Å². The molecule has 86 valence electrons. The van der Waals surface area contributed by atoms with Gasteiger partial charge in [-0.25, -0.2) is 9.97 Å². The summed E-state index contributed by atoms with van der Waals surface area (Å²) in [4.78, 5) is 8.60. The normalized spacial score (nSPS) is 12.9. The summed E-state index contributed by atoms with van der Waals surface area (Å²) in [7, 11) is 3.66. The molecule has 0 aliphatic carbocycles. The van der Waals surface area contributed by atoms with Crippen LogP contribution in [0.2, 0.25) is 0 Å². The number of hydrogen-bond donors (Lipinski definition) is 1. The molecule has 0 aromatic carbocycles. The summed E-state index contributed by atoms with van der Waals surface area (Å²) in [6.45, 7) is 2.73. The molecule has 0 saturated heterocycles. The highest BCUT2D eigenvalue weighted by atomic mass is 16.5. The Labute approximate surface area is 94.5 Å². The molecule has 16 heavy (non-hydrogen) atoms. The molecule has 1 N–H and O–H groups in total. The van der Waals surface area contributed by atoms with Gasteiger partial charge < -0.3 is 14.6 Å². The molecule has 0 amide bonds. The Balaban J connectivity index is 2.24. The summed E-state index contributed by atoms with van der Waals surface area (Å²) in [6, 6.07) is 1.95. The number of methoxy groups -OCH3 is 1. The summed E-state index contributed by atoms with van der Waals surface area (Å²) in [6.07, 6.45) is 3.72. The number of hydrogen-bond acceptors (Lipinski definition) is 4. The van der Waals surface area contributed by atoms with Gasteiger partial charge in [0.25, 0.3) is 0 Å². The van der Waals surface area contributed by atoms with Gasteiger partial charge in [0.2, 0.25) is 0 Å². The fourth-order valence-corrected chi connectivity index (χ4v) is 1.52. The van der Waals surface area contributed by atoms with Crippen molar-refractivity contribution in [2.75, 3.05) is 19.0 Å². The van der Waals surface area contributed by atoms with Gasteiger partial charge in [0.15, 0.2) is 5.82 Å². The summed E-state index contributed by atoms with van der Waals surface area (Å²) >= 11 is 0. The van der Waals surface area contributed by atoms with Crippen LogP contribution >= 0.6 is 0 Å². The van der Waals surface area contributed by atoms with Crippen molar-refractivity contribution in [3.8, 4) is 0 Å². The molecule has 5 nitrogen and oxygen atoms in total. The van der Waals surface area contributed by atoms with E-state index < -0.39 is 0 Å². The first-order chi connectivity index (χ1) is 7.72. The van der Waals surface area contributed by atoms with E-state index in [1.54, 1.807) is 19.6 Å². The van der Waals surface area contributed by atoms with Crippen molar-refractivity contribution in [1.29, 1.82) is 0 Å². The number of nitrogens with zero attached hydrogens (tertiary/aromatic N) is 3. The molecular formula is C11H16N4O. The zero-order valence-electron chi connectivity index (χ0n) is 9.77. The standard InChI is InChI=1S/C11H16N4O/c1-8(16-3)6-13-11-10-9(4-5-12-11)15(2)7-14-10/h4-5,7-8H,6H2,1-3H3,(H,12,13). The fourth-order valence-electron chi connectivity index (χ4n) is 1.52. The number of aryl methyl sites for hydroxylation is 1. The quantitative estimate of drug-likeness (QED) is 0.846. The predicted molar refractivity (Wildman–Crippen MR) is 63.5 cm³/mol. The average Bonchev–Trinajstić information content (AvgIpc) is 2.69. The van der Waals surface area contributed by atoms with Gasteiger partial charge in [0.05, 0.1) is 17.9 Å². The smallest absolute Gasteiger partial charge is 0.154 e. The first-order valence-electron chi connectivity index (χ1n) is 5.25. The van der Waals surface area contributed by atoms with E-state index in [4.69, 9.17) is 4.74 Å². The lowest BCUT2D eigenvalue weighted by Gasteiger charge is -2.11. The molecule has 0 radical (unpaired) electrons. The van der Waals surface area contributed by atoms with Crippen LogP contribution in [0.1, 0.15) is 6.92 Å². The lowest BCUT2D eigenvalue weighted by atomic mass is 10.3. The summed E-state index contributed by atoms with van der Waals surface area (Å²) < 4.78 is 7.15. The minimum Gasteiger partial charge on any atom is -0.380 e. The number of anilines is 1. The van der Waals surface area contributed by atoms with Crippen molar-refractivity contribution >= 4 is 16.9 Å². The molecule has 0 fully saturated rings. The SMILES string of the molecule is COC(C)CNc1nccc2c1ncn2C. The van der Waals surface area contributed by atoms with Crippen LogP contribution in [-0.4, -0.2) is 34.3 Å². The molecule has 5 heteroatoms. The highest BCUT2D eigenvalue weighted by molar-refractivity contribution is 5.85. The maximum Gasteiger partial charge on any atom is 0.154 e. The second-order valence-corrected chi connectivity index (χ2v) is 3.81. The van der Waals surface area contributed by atoms with Crippen LogP contribution in [0.4, 0.5) is 5.82 Å². The van der Waals surface area contributed by atoms with Gasteiger partial charge in [0.1, 0.15) is 5.52 Å². The number of rotatable bonds is 4. The molecule has 0 aliphatic rings. The lowest BCUT2D eigenvalue weighted by Crippen LogP contribution is -2.18. The zero-order valence-corrected chi connectivity index (χ0v) is 9.77. The van der Waals surface area contributed by atoms with Gasteiger partial charge in [0, 0.05) is 26.9 Å². The molecule has 0 aliphatic heterocycles. The van der Waals surface area contributed by atoms with Crippen LogP contribution in [0.3, 0.4) is 0 Å². The largest absolute Gasteiger partial charge is 0.380 e. The van der Waals surface area contributed by atoms with Gasteiger partial charge in [-0.3, -0.25) is 0 Å². The van der Waals surface area contributed by atoms with E-state index in [-0.39, 0.29) is 6.10 Å². The molecule has 2 aromatic heterocycles. The molecular weight excluding hydrogens is 204 g/mol. The van der Waals surface area contributed by atoms with Crippen molar-refractivity contribution in [2.45, 2.75) is 13.0 Å². The Bertz CT molecular complexity index is 480. The van der Waals surface area contributed by atoms with Gasteiger partial charge in [-0.15, -0.1) is 0 Å². The minimum atomic E-state index is 0.153. The molecule has 2 aromatic rings. The zero-order chi connectivity index (χ0) is 11.5. The Morgan fingerprint density at radius 2 is 2.31 bits per heavy atom. The average molecular weight is 220 g/mol. The Morgan fingerprint density at radius 3 is 3.06 bits per heavy atom. The molecule has 1 unspecified atom stereocenters. The van der Waals surface area contributed by atoms with Crippen LogP contribution in [0.5, 0.6) is 0 Å². The maximum absolute atomic E-state index is 5.17. The van der Waals surface area contributed by atoms with E-state index in [2.05, 4.69) is 15.3 Å². The van der Waals surface area contributed by atoms with Gasteiger partial charge >= 0.3 is 0 Å². The Hall–Kier alpha value is -1.62. The number of pyridine rings is 1. The third-order valence-corrected chi connectivity index (χ3v) is 2.60. The molecule has 2 rings (SSSR count). The molecule has 2 heterocycles. The predicted octanol–water partition coefficient (Wildman–Crippen LogP) is 1.42. The van der Waals surface area contributed by atoms with Gasteiger partial charge in [-0.2, -0.15) is 0 Å². The van der Waals surface area contributed by atoms with E-state index >= 15 is 0 Å². The second kappa shape index (κ2) is 4.49. The highest BCUT2D eigenvalue weighted by Gasteiger charge is 2.07. The third kappa shape index (κ3) is 1.99. The maximum atomic E-state index is 5.17. The minimum absolute atomic E-state index is 0.153. The van der Waals surface area contributed by atoms with Gasteiger partial charge in [-0.05, 0) is 13.0 Å². The molecule has 1 atom stereocenters. The van der Waals surface area contributed by atoms with E-state index in [1.807, 2.05) is 24.6 Å². The summed E-state index contributed by atoms with van der Waals surface area (Å²) in [5.74, 6) is 0.807. The van der Waals surface area contributed by atoms with Crippen LogP contribution < -0.4 is 5.32 Å². The van der Waals surface area contributed by atoms with Gasteiger partial charge in [-0.1, -0.05) is 0 Å². The number of ether oxygens (including phenoxy) is 1. The number of aromatic nitrogens is 3. The van der Waals surface area contributed by atoms with Crippen LogP contribution in [0, 0.1) is 0 Å². The van der Waals surface area contributed by atoms with Crippen LogP contribution in [0.15, 0.2) is 18.6 Å². The van der Waals surface area contributed by atoms with Crippen molar-refractivity contribution in [3.05, 3.63) is 18.6 Å². The Kier molecular flexibility index (Phi) is 3.05. The Morgan fingerprint density at radius 1 is 1.50 bits per heavy atom. The van der Waals surface area contributed by atoms with E-state index in [0.717, 1.165) is 23.4 Å². The van der Waals surface area contributed by atoms with E-state index in [1.165, 1.54) is 0 Å². The van der Waals surface area contributed by atoms with E-state index in [0.29, 0.717) is 0 Å². The number of fused-ring (bicyclic) bond motifs is 1. The van der Waals surface area contributed by atoms with Crippen molar-refractivity contribution in [2.24, 2.45) is 7.05 Å². The fraction of sp³-hybridized carbons (Fsp3) is 0.455. The second-order valence-electron chi connectivity index (χ2n) is 3.81. The van der Waals surface area contributed by atoms with Crippen molar-refractivity contribution < 1.29 is 4.74 Å². The number of imidazole rings is 1. The molecule has 0 spiro atoms. The first-order valence-corrected chi connectivity index (χ1v) is 5.25. The molecule has 0 saturated carbocycles. The highest BCUT2D eigenvalue weighted by Crippen LogP contribution is 2.18. The van der Waals surface area contributed by atoms with E-state index in [9.17, 15) is 0 Å². The third-order valence-electron chi connectivity index (χ3n) is 2.60. The first kappa shape index (κ1) is 10.9. The van der Waals surface area contributed by atoms with Crippen LogP contribution in [-0.2, 0) is 11.8 Å².